The number of ether oxygens (including phenoxy) is 3. The van der Waals surface area contributed by atoms with Crippen LogP contribution in [0.2, 0.25) is 0 Å². The summed E-state index contributed by atoms with van der Waals surface area (Å²) in [5.41, 5.74) is -0.0241. The third-order valence-electron chi connectivity index (χ3n) is 3.92. The minimum atomic E-state index is -0.0241. The van der Waals surface area contributed by atoms with E-state index in [1.807, 2.05) is 6.07 Å². The first-order valence-corrected chi connectivity index (χ1v) is 7.10. The molecule has 3 rings (SSSR count). The third kappa shape index (κ3) is 2.49. The number of methoxy groups -OCH3 is 2. The van der Waals surface area contributed by atoms with Crippen molar-refractivity contribution >= 4 is 10.8 Å². The van der Waals surface area contributed by atoms with Crippen LogP contribution in [0.15, 0.2) is 29.2 Å². The molecule has 1 saturated heterocycles. The summed E-state index contributed by atoms with van der Waals surface area (Å²) in [5.74, 6) is 1.22. The van der Waals surface area contributed by atoms with E-state index in [4.69, 9.17) is 14.2 Å². The predicted octanol–water partition coefficient (Wildman–Crippen LogP) is 2.20. The number of rotatable bonds is 4. The number of aromatic nitrogens is 1. The van der Waals surface area contributed by atoms with Crippen LogP contribution in [0.25, 0.3) is 10.8 Å². The Hall–Kier alpha value is -2.01. The van der Waals surface area contributed by atoms with Gasteiger partial charge in [0.05, 0.1) is 32.3 Å². The molecule has 1 aliphatic rings. The maximum atomic E-state index is 12.6. The molecule has 0 amide bonds. The molecule has 1 fully saturated rings. The molecule has 1 aromatic heterocycles. The Balaban J connectivity index is 2.06. The van der Waals surface area contributed by atoms with Crippen molar-refractivity contribution in [2.45, 2.75) is 25.5 Å². The van der Waals surface area contributed by atoms with E-state index in [1.54, 1.807) is 37.1 Å². The highest BCUT2D eigenvalue weighted by atomic mass is 16.5. The lowest BCUT2D eigenvalue weighted by Gasteiger charge is -2.14. The van der Waals surface area contributed by atoms with Crippen molar-refractivity contribution < 1.29 is 14.2 Å². The summed E-state index contributed by atoms with van der Waals surface area (Å²) in [6.45, 7) is 1.39. The molecule has 2 aromatic rings. The molecule has 1 atom stereocenters. The van der Waals surface area contributed by atoms with Crippen molar-refractivity contribution in [1.29, 1.82) is 0 Å². The second-order valence-corrected chi connectivity index (χ2v) is 5.17. The molecular formula is C16H19NO4. The van der Waals surface area contributed by atoms with Crippen LogP contribution in [0.1, 0.15) is 12.8 Å². The lowest BCUT2D eigenvalue weighted by atomic mass is 10.1. The van der Waals surface area contributed by atoms with E-state index in [2.05, 4.69) is 0 Å². The van der Waals surface area contributed by atoms with Gasteiger partial charge >= 0.3 is 0 Å². The molecule has 0 radical (unpaired) electrons. The third-order valence-corrected chi connectivity index (χ3v) is 3.92. The second-order valence-electron chi connectivity index (χ2n) is 5.17. The molecule has 0 aliphatic carbocycles. The van der Waals surface area contributed by atoms with Gasteiger partial charge in [0, 0.05) is 18.2 Å². The molecule has 0 bridgehead atoms. The van der Waals surface area contributed by atoms with Crippen LogP contribution in [0.5, 0.6) is 11.5 Å². The van der Waals surface area contributed by atoms with Gasteiger partial charge in [-0.25, -0.2) is 0 Å². The Kier molecular flexibility index (Phi) is 3.84. The van der Waals surface area contributed by atoms with Gasteiger partial charge in [0.15, 0.2) is 11.5 Å². The Morgan fingerprint density at radius 1 is 1.24 bits per heavy atom. The summed E-state index contributed by atoms with van der Waals surface area (Å²) in [4.78, 5) is 12.6. The van der Waals surface area contributed by atoms with E-state index in [9.17, 15) is 4.79 Å². The molecular weight excluding hydrogens is 270 g/mol. The molecule has 5 heteroatoms. The van der Waals surface area contributed by atoms with E-state index in [1.165, 1.54) is 0 Å². The second kappa shape index (κ2) is 5.77. The van der Waals surface area contributed by atoms with Gasteiger partial charge in [0.2, 0.25) is 0 Å². The highest BCUT2D eigenvalue weighted by Gasteiger charge is 2.18. The predicted molar refractivity (Wildman–Crippen MR) is 80.3 cm³/mol. The Morgan fingerprint density at radius 2 is 2.10 bits per heavy atom. The lowest BCUT2D eigenvalue weighted by Crippen LogP contribution is -2.25. The van der Waals surface area contributed by atoms with Gasteiger partial charge in [-0.05, 0) is 31.0 Å². The Bertz CT molecular complexity index is 701. The molecule has 21 heavy (non-hydrogen) atoms. The maximum Gasteiger partial charge on any atom is 0.258 e. The maximum absolute atomic E-state index is 12.6. The minimum absolute atomic E-state index is 0.0241. The van der Waals surface area contributed by atoms with Gasteiger partial charge < -0.3 is 18.8 Å². The monoisotopic (exact) mass is 289 g/mol. The summed E-state index contributed by atoms with van der Waals surface area (Å²) in [5, 5.41) is 1.40. The van der Waals surface area contributed by atoms with Crippen molar-refractivity contribution in [3.63, 3.8) is 0 Å². The van der Waals surface area contributed by atoms with Crippen LogP contribution in [0, 0.1) is 0 Å². The molecule has 1 aromatic carbocycles. The number of fused-ring (bicyclic) bond motifs is 1. The quantitative estimate of drug-likeness (QED) is 0.866. The van der Waals surface area contributed by atoms with E-state index in [0.29, 0.717) is 23.4 Å². The van der Waals surface area contributed by atoms with Gasteiger partial charge in [-0.3, -0.25) is 4.79 Å². The van der Waals surface area contributed by atoms with Crippen LogP contribution in [0.4, 0.5) is 0 Å². The lowest BCUT2D eigenvalue weighted by molar-refractivity contribution is 0.0963. The number of hydrogen-bond donors (Lipinski definition) is 0. The first-order valence-electron chi connectivity index (χ1n) is 7.10. The molecule has 0 N–H and O–H groups in total. The van der Waals surface area contributed by atoms with Crippen LogP contribution in [0.3, 0.4) is 0 Å². The molecule has 0 unspecified atom stereocenters. The molecule has 1 aliphatic heterocycles. The summed E-state index contributed by atoms with van der Waals surface area (Å²) in [6.07, 6.45) is 4.02. The van der Waals surface area contributed by atoms with Gasteiger partial charge in [-0.1, -0.05) is 0 Å². The summed E-state index contributed by atoms with van der Waals surface area (Å²) in [6, 6.07) is 5.44. The Labute approximate surface area is 123 Å². The summed E-state index contributed by atoms with van der Waals surface area (Å²) >= 11 is 0. The van der Waals surface area contributed by atoms with Crippen LogP contribution in [-0.2, 0) is 11.3 Å². The number of benzene rings is 1. The van der Waals surface area contributed by atoms with Gasteiger partial charge in [0.25, 0.3) is 5.56 Å². The zero-order valence-corrected chi connectivity index (χ0v) is 12.3. The Morgan fingerprint density at radius 3 is 2.76 bits per heavy atom. The fourth-order valence-electron chi connectivity index (χ4n) is 2.84. The average molecular weight is 289 g/mol. The molecule has 0 spiro atoms. The van der Waals surface area contributed by atoms with Crippen LogP contribution < -0.4 is 15.0 Å². The van der Waals surface area contributed by atoms with Crippen molar-refractivity contribution in [3.05, 3.63) is 34.7 Å². The molecule has 0 saturated carbocycles. The van der Waals surface area contributed by atoms with Crippen molar-refractivity contribution in [2.24, 2.45) is 0 Å². The average Bonchev–Trinajstić information content (AvgIpc) is 3.02. The van der Waals surface area contributed by atoms with Crippen LogP contribution >= 0.6 is 0 Å². The number of nitrogens with zero attached hydrogens (tertiary/aromatic N) is 1. The van der Waals surface area contributed by atoms with Gasteiger partial charge in [-0.15, -0.1) is 0 Å². The zero-order valence-electron chi connectivity index (χ0n) is 12.3. The van der Waals surface area contributed by atoms with Gasteiger partial charge in [-0.2, -0.15) is 0 Å². The molecule has 112 valence electrons. The van der Waals surface area contributed by atoms with Crippen molar-refractivity contribution in [3.8, 4) is 11.5 Å². The van der Waals surface area contributed by atoms with E-state index >= 15 is 0 Å². The standard InChI is InChI=1S/C16H19NO4/c1-19-14-6-5-13-12(15(14)20-2)7-8-17(16(13)18)10-11-4-3-9-21-11/h5-8,11H,3-4,9-10H2,1-2H3/t11-/m0/s1. The zero-order chi connectivity index (χ0) is 14.8. The van der Waals surface area contributed by atoms with E-state index < -0.39 is 0 Å². The SMILES string of the molecule is COc1ccc2c(=O)n(C[C@@H]3CCCO3)ccc2c1OC. The largest absolute Gasteiger partial charge is 0.493 e. The molecule has 2 heterocycles. The molecule has 5 nitrogen and oxygen atoms in total. The van der Waals surface area contributed by atoms with E-state index in [0.717, 1.165) is 24.8 Å². The highest BCUT2D eigenvalue weighted by Crippen LogP contribution is 2.33. The summed E-state index contributed by atoms with van der Waals surface area (Å²) < 4.78 is 18.0. The first kappa shape index (κ1) is 13.9. The highest BCUT2D eigenvalue weighted by molar-refractivity contribution is 5.90. The minimum Gasteiger partial charge on any atom is -0.493 e. The normalized spacial score (nSPS) is 18.1. The fourth-order valence-corrected chi connectivity index (χ4v) is 2.84. The fraction of sp³-hybridized carbons (Fsp3) is 0.438. The number of pyridine rings is 1. The smallest absolute Gasteiger partial charge is 0.258 e. The van der Waals surface area contributed by atoms with E-state index in [-0.39, 0.29) is 11.7 Å². The number of hydrogen-bond acceptors (Lipinski definition) is 4. The van der Waals surface area contributed by atoms with Gasteiger partial charge in [0.1, 0.15) is 0 Å². The summed E-state index contributed by atoms with van der Waals surface area (Å²) in [7, 11) is 3.16. The van der Waals surface area contributed by atoms with Crippen molar-refractivity contribution in [2.75, 3.05) is 20.8 Å². The topological polar surface area (TPSA) is 49.7 Å². The van der Waals surface area contributed by atoms with Crippen LogP contribution in [-0.4, -0.2) is 31.5 Å². The first-order chi connectivity index (χ1) is 10.2. The van der Waals surface area contributed by atoms with Crippen molar-refractivity contribution in [1.82, 2.24) is 4.57 Å².